The van der Waals surface area contributed by atoms with Gasteiger partial charge in [0, 0.05) is 6.20 Å². The summed E-state index contributed by atoms with van der Waals surface area (Å²) in [5, 5.41) is 29.0. The third-order valence-electron chi connectivity index (χ3n) is 3.04. The van der Waals surface area contributed by atoms with Crippen LogP contribution in [0.2, 0.25) is 0 Å². The van der Waals surface area contributed by atoms with Crippen LogP contribution in [-0.2, 0) is 4.74 Å². The molecule has 0 aliphatic carbocycles. The predicted molar refractivity (Wildman–Crippen MR) is 60.5 cm³/mol. The molecule has 1 aromatic heterocycles. The van der Waals surface area contributed by atoms with Crippen molar-refractivity contribution < 1.29 is 20.1 Å². The van der Waals surface area contributed by atoms with Crippen LogP contribution in [0.1, 0.15) is 13.2 Å². The molecule has 0 aromatic carbocycles. The Hall–Kier alpha value is -1.48. The summed E-state index contributed by atoms with van der Waals surface area (Å²) in [5.41, 5.74) is 2.94. The van der Waals surface area contributed by atoms with Gasteiger partial charge in [0.1, 0.15) is 23.6 Å². The molecule has 1 aliphatic rings. The number of ether oxygens (including phenoxy) is 1. The molecule has 1 fully saturated rings. The summed E-state index contributed by atoms with van der Waals surface area (Å²) in [4.78, 5) is 15.2. The standard InChI is InChI=1S/C10H15N3O5/c1-10(17)7(15)5(4-14)18-8(10)13-3-2-6(11)12-9(13)16/h2-3,5,7-8,14-15,17H,4H2,1H3,(H2,11,12,16)/t5-,7+,8-,10-/m1/s1. The first-order valence-corrected chi connectivity index (χ1v) is 5.39. The summed E-state index contributed by atoms with van der Waals surface area (Å²) < 4.78 is 6.30. The molecule has 0 amide bonds. The van der Waals surface area contributed by atoms with E-state index in [9.17, 15) is 15.0 Å². The van der Waals surface area contributed by atoms with Crippen LogP contribution in [-0.4, -0.2) is 49.3 Å². The lowest BCUT2D eigenvalue weighted by atomic mass is 9.96. The fraction of sp³-hybridized carbons (Fsp3) is 0.600. The summed E-state index contributed by atoms with van der Waals surface area (Å²) >= 11 is 0. The lowest BCUT2D eigenvalue weighted by molar-refractivity contribution is -0.0986. The van der Waals surface area contributed by atoms with Gasteiger partial charge in [-0.2, -0.15) is 4.98 Å². The van der Waals surface area contributed by atoms with Gasteiger partial charge in [-0.1, -0.05) is 0 Å². The second-order valence-corrected chi connectivity index (χ2v) is 4.42. The molecule has 8 nitrogen and oxygen atoms in total. The number of nitrogens with zero attached hydrogens (tertiary/aromatic N) is 2. The summed E-state index contributed by atoms with van der Waals surface area (Å²) in [6, 6.07) is 1.37. The molecule has 8 heteroatoms. The molecule has 0 unspecified atom stereocenters. The number of aliphatic hydroxyl groups is 3. The van der Waals surface area contributed by atoms with E-state index in [2.05, 4.69) is 4.98 Å². The van der Waals surface area contributed by atoms with Gasteiger partial charge in [0.05, 0.1) is 6.61 Å². The first-order valence-electron chi connectivity index (χ1n) is 5.39. The molecule has 18 heavy (non-hydrogen) atoms. The molecule has 1 aromatic rings. The van der Waals surface area contributed by atoms with Crippen LogP contribution in [0.3, 0.4) is 0 Å². The van der Waals surface area contributed by atoms with Crippen molar-refractivity contribution in [2.75, 3.05) is 12.3 Å². The monoisotopic (exact) mass is 257 g/mol. The fourth-order valence-corrected chi connectivity index (χ4v) is 1.99. The van der Waals surface area contributed by atoms with Crippen molar-refractivity contribution in [2.45, 2.75) is 31.0 Å². The molecule has 4 atom stereocenters. The molecule has 0 radical (unpaired) electrons. The number of hydrogen-bond donors (Lipinski definition) is 4. The Morgan fingerprint density at radius 3 is 2.83 bits per heavy atom. The third-order valence-corrected chi connectivity index (χ3v) is 3.04. The number of nitrogens with two attached hydrogens (primary N) is 1. The SMILES string of the molecule is C[C@@]1(O)[C@@H](O)[C@@H](CO)O[C@H]1n1ccc(N)nc1=O. The van der Waals surface area contributed by atoms with Gasteiger partial charge in [-0.3, -0.25) is 4.57 Å². The van der Waals surface area contributed by atoms with Crippen molar-refractivity contribution in [1.82, 2.24) is 9.55 Å². The van der Waals surface area contributed by atoms with Gasteiger partial charge in [0.25, 0.3) is 0 Å². The quantitative estimate of drug-likeness (QED) is 0.474. The van der Waals surface area contributed by atoms with Crippen LogP contribution in [0, 0.1) is 0 Å². The van der Waals surface area contributed by atoms with Crippen molar-refractivity contribution in [3.63, 3.8) is 0 Å². The van der Waals surface area contributed by atoms with Crippen LogP contribution >= 0.6 is 0 Å². The summed E-state index contributed by atoms with van der Waals surface area (Å²) in [6.07, 6.45) is -2.09. The molecular formula is C10H15N3O5. The lowest BCUT2D eigenvalue weighted by Crippen LogP contribution is -2.46. The van der Waals surface area contributed by atoms with Crippen LogP contribution < -0.4 is 11.4 Å². The predicted octanol–water partition coefficient (Wildman–Crippen LogP) is -2.17. The highest BCUT2D eigenvalue weighted by Crippen LogP contribution is 2.37. The van der Waals surface area contributed by atoms with E-state index in [1.807, 2.05) is 0 Å². The Labute approximate surface area is 102 Å². The van der Waals surface area contributed by atoms with Crippen molar-refractivity contribution in [2.24, 2.45) is 0 Å². The van der Waals surface area contributed by atoms with Crippen molar-refractivity contribution in [3.05, 3.63) is 22.7 Å². The zero-order valence-electron chi connectivity index (χ0n) is 9.72. The first-order chi connectivity index (χ1) is 8.37. The average molecular weight is 257 g/mol. The maximum atomic E-state index is 11.7. The maximum absolute atomic E-state index is 11.7. The molecule has 0 spiro atoms. The van der Waals surface area contributed by atoms with Crippen LogP contribution in [0.25, 0.3) is 0 Å². The lowest BCUT2D eigenvalue weighted by Gasteiger charge is -2.27. The minimum absolute atomic E-state index is 0.0492. The molecular weight excluding hydrogens is 242 g/mol. The molecule has 100 valence electrons. The molecule has 1 aliphatic heterocycles. The van der Waals surface area contributed by atoms with Gasteiger partial charge in [0.15, 0.2) is 6.23 Å². The molecule has 0 bridgehead atoms. The molecule has 1 saturated heterocycles. The second kappa shape index (κ2) is 4.32. The maximum Gasteiger partial charge on any atom is 0.351 e. The van der Waals surface area contributed by atoms with Gasteiger partial charge in [-0.15, -0.1) is 0 Å². The second-order valence-electron chi connectivity index (χ2n) is 4.42. The van der Waals surface area contributed by atoms with Crippen molar-refractivity contribution in [1.29, 1.82) is 0 Å². The Morgan fingerprint density at radius 2 is 2.33 bits per heavy atom. The van der Waals surface area contributed by atoms with E-state index in [1.54, 1.807) is 0 Å². The zero-order chi connectivity index (χ0) is 13.5. The average Bonchev–Trinajstić information content (AvgIpc) is 2.52. The van der Waals surface area contributed by atoms with Crippen LogP contribution in [0.15, 0.2) is 17.1 Å². The van der Waals surface area contributed by atoms with Crippen LogP contribution in [0.5, 0.6) is 0 Å². The highest BCUT2D eigenvalue weighted by molar-refractivity contribution is 5.23. The Kier molecular flexibility index (Phi) is 3.11. The highest BCUT2D eigenvalue weighted by atomic mass is 16.6. The smallest absolute Gasteiger partial charge is 0.351 e. The Balaban J connectivity index is 2.42. The van der Waals surface area contributed by atoms with E-state index in [0.717, 1.165) is 4.57 Å². The number of aromatic nitrogens is 2. The topological polar surface area (TPSA) is 131 Å². The number of nitrogen functional groups attached to an aromatic ring is 1. The fourth-order valence-electron chi connectivity index (χ4n) is 1.99. The van der Waals surface area contributed by atoms with E-state index >= 15 is 0 Å². The van der Waals surface area contributed by atoms with Crippen LogP contribution in [0.4, 0.5) is 5.82 Å². The summed E-state index contributed by atoms with van der Waals surface area (Å²) in [7, 11) is 0. The van der Waals surface area contributed by atoms with E-state index < -0.39 is 36.3 Å². The minimum atomic E-state index is -1.71. The Bertz CT molecular complexity index is 501. The number of hydrogen-bond acceptors (Lipinski definition) is 7. The van der Waals surface area contributed by atoms with Gasteiger partial charge in [0.2, 0.25) is 0 Å². The van der Waals surface area contributed by atoms with Crippen molar-refractivity contribution in [3.8, 4) is 0 Å². The minimum Gasteiger partial charge on any atom is -0.394 e. The zero-order valence-corrected chi connectivity index (χ0v) is 9.72. The van der Waals surface area contributed by atoms with Gasteiger partial charge in [-0.05, 0) is 13.0 Å². The van der Waals surface area contributed by atoms with E-state index in [0.29, 0.717) is 0 Å². The summed E-state index contributed by atoms with van der Waals surface area (Å²) in [5.74, 6) is 0.0492. The molecule has 0 saturated carbocycles. The van der Waals surface area contributed by atoms with Gasteiger partial charge < -0.3 is 25.8 Å². The largest absolute Gasteiger partial charge is 0.394 e. The number of rotatable bonds is 2. The Morgan fingerprint density at radius 1 is 1.67 bits per heavy atom. The normalized spacial score (nSPS) is 35.9. The third kappa shape index (κ3) is 1.89. The molecule has 2 rings (SSSR count). The van der Waals surface area contributed by atoms with E-state index in [4.69, 9.17) is 15.6 Å². The van der Waals surface area contributed by atoms with Crippen molar-refractivity contribution >= 4 is 5.82 Å². The van der Waals surface area contributed by atoms with E-state index in [-0.39, 0.29) is 5.82 Å². The van der Waals surface area contributed by atoms with E-state index in [1.165, 1.54) is 19.2 Å². The number of aliphatic hydroxyl groups excluding tert-OH is 2. The first kappa shape index (κ1) is 13.0. The summed E-state index contributed by atoms with van der Waals surface area (Å²) in [6.45, 7) is 0.853. The van der Waals surface area contributed by atoms with Gasteiger partial charge >= 0.3 is 5.69 Å². The molecule has 5 N–H and O–H groups in total. The molecule has 2 heterocycles. The van der Waals surface area contributed by atoms with Gasteiger partial charge in [-0.25, -0.2) is 4.79 Å². The number of anilines is 1. The highest BCUT2D eigenvalue weighted by Gasteiger charge is 2.53.